The topological polar surface area (TPSA) is 0 Å². The van der Waals surface area contributed by atoms with Gasteiger partial charge in [-0.25, -0.2) is 0 Å². The van der Waals surface area contributed by atoms with Gasteiger partial charge in [0.1, 0.15) is 0 Å². The van der Waals surface area contributed by atoms with Crippen LogP contribution in [0.1, 0.15) is 59.3 Å². The summed E-state index contributed by atoms with van der Waals surface area (Å²) in [5, 5.41) is 1.69. The van der Waals surface area contributed by atoms with Gasteiger partial charge >= 0.3 is 140 Å². The standard InChI is InChI=1S/C18H32IP/c1-4-7-15-20(19,16-8-5-2,17-9-6-3)18-13-11-10-12-14-18/h10-14H,4-9,15-17H2,1-3H3. The molecule has 0 bridgehead atoms. The third-order valence-electron chi connectivity index (χ3n) is 4.47. The number of hydrogen-bond acceptors (Lipinski definition) is 0. The summed E-state index contributed by atoms with van der Waals surface area (Å²) in [6.45, 7) is 7.01. The zero-order chi connectivity index (χ0) is 14.9. The van der Waals surface area contributed by atoms with E-state index in [2.05, 4.69) is 73.1 Å². The van der Waals surface area contributed by atoms with Crippen LogP contribution in [0.15, 0.2) is 30.3 Å². The van der Waals surface area contributed by atoms with Gasteiger partial charge in [-0.15, -0.1) is 0 Å². The molecule has 0 nitrogen and oxygen atoms in total. The zero-order valence-electron chi connectivity index (χ0n) is 13.6. The molecule has 0 heterocycles. The molecule has 1 aromatic carbocycles. The van der Waals surface area contributed by atoms with Crippen LogP contribution in [0.4, 0.5) is 0 Å². The Kier molecular flexibility index (Phi) is 8.05. The van der Waals surface area contributed by atoms with Gasteiger partial charge in [-0.05, 0) is 0 Å². The molecule has 0 atom stereocenters. The van der Waals surface area contributed by atoms with Gasteiger partial charge in [0.05, 0.1) is 0 Å². The first kappa shape index (κ1) is 18.4. The molecule has 0 spiro atoms. The predicted octanol–water partition coefficient (Wildman–Crippen LogP) is 6.62. The van der Waals surface area contributed by atoms with E-state index in [9.17, 15) is 0 Å². The van der Waals surface area contributed by atoms with E-state index >= 15 is 0 Å². The van der Waals surface area contributed by atoms with E-state index in [4.69, 9.17) is 0 Å². The van der Waals surface area contributed by atoms with Gasteiger partial charge in [0.2, 0.25) is 0 Å². The molecule has 0 saturated carbocycles. The molecular formula is C18H32IP. The Morgan fingerprint density at radius 2 is 1.15 bits per heavy atom. The summed E-state index contributed by atoms with van der Waals surface area (Å²) < 4.78 is -1.75. The van der Waals surface area contributed by atoms with Gasteiger partial charge in [-0.3, -0.25) is 0 Å². The number of hydrogen-bond donors (Lipinski definition) is 0. The molecule has 116 valence electrons. The molecule has 0 aromatic heterocycles. The van der Waals surface area contributed by atoms with Crippen LogP contribution in [0.25, 0.3) is 0 Å². The monoisotopic (exact) mass is 406 g/mol. The predicted molar refractivity (Wildman–Crippen MR) is 106 cm³/mol. The molecule has 0 aliphatic carbocycles. The van der Waals surface area contributed by atoms with E-state index in [1.165, 1.54) is 57.0 Å². The number of unbranched alkanes of at least 4 members (excludes halogenated alkanes) is 3. The minimum atomic E-state index is -1.75. The zero-order valence-corrected chi connectivity index (χ0v) is 16.6. The van der Waals surface area contributed by atoms with E-state index in [-0.39, 0.29) is 0 Å². The first-order valence-electron chi connectivity index (χ1n) is 8.37. The second-order valence-electron chi connectivity index (χ2n) is 6.16. The first-order chi connectivity index (χ1) is 9.59. The van der Waals surface area contributed by atoms with Crippen LogP contribution in [0, 0.1) is 0 Å². The molecule has 2 heteroatoms. The Bertz CT molecular complexity index is 350. The fraction of sp³-hybridized carbons (Fsp3) is 0.667. The molecule has 0 fully saturated rings. The Hall–Kier alpha value is 0.380. The Morgan fingerprint density at radius 3 is 1.50 bits per heavy atom. The van der Waals surface area contributed by atoms with Crippen LogP contribution < -0.4 is 5.30 Å². The number of rotatable bonds is 10. The van der Waals surface area contributed by atoms with Crippen molar-refractivity contribution in [3.8, 4) is 0 Å². The van der Waals surface area contributed by atoms with Crippen molar-refractivity contribution >= 4 is 31.6 Å². The number of benzene rings is 1. The fourth-order valence-corrected chi connectivity index (χ4v) is 12.6. The molecule has 0 radical (unpaired) electrons. The van der Waals surface area contributed by atoms with Crippen LogP contribution in [0.5, 0.6) is 0 Å². The SMILES string of the molecule is CCCCP(I)(CCCC)(CCCC)c1ccccc1. The molecule has 20 heavy (non-hydrogen) atoms. The summed E-state index contributed by atoms with van der Waals surface area (Å²) in [5.74, 6) is 0. The number of halogens is 1. The van der Waals surface area contributed by atoms with Crippen LogP contribution in [-0.2, 0) is 0 Å². The van der Waals surface area contributed by atoms with Crippen molar-refractivity contribution < 1.29 is 0 Å². The van der Waals surface area contributed by atoms with Crippen molar-refractivity contribution in [1.29, 1.82) is 0 Å². The average Bonchev–Trinajstić information content (AvgIpc) is 2.50. The molecule has 0 N–H and O–H groups in total. The Morgan fingerprint density at radius 1 is 0.750 bits per heavy atom. The quantitative estimate of drug-likeness (QED) is 0.303. The maximum absolute atomic E-state index is 2.97. The van der Waals surface area contributed by atoms with Crippen molar-refractivity contribution in [2.45, 2.75) is 59.3 Å². The van der Waals surface area contributed by atoms with E-state index in [0.717, 1.165) is 0 Å². The molecule has 0 aliphatic heterocycles. The van der Waals surface area contributed by atoms with Crippen LogP contribution in [-0.4, -0.2) is 18.5 Å². The van der Waals surface area contributed by atoms with Crippen molar-refractivity contribution in [3.05, 3.63) is 30.3 Å². The maximum atomic E-state index is 2.97. The minimum absolute atomic E-state index is 1.33. The van der Waals surface area contributed by atoms with E-state index < -0.39 is 4.25 Å². The van der Waals surface area contributed by atoms with Crippen molar-refractivity contribution in [2.75, 3.05) is 18.5 Å². The molecule has 0 aliphatic rings. The van der Waals surface area contributed by atoms with Crippen LogP contribution in [0.3, 0.4) is 0 Å². The summed E-state index contributed by atoms with van der Waals surface area (Å²) in [5.41, 5.74) is 0. The molecule has 0 saturated heterocycles. The molecule has 0 unspecified atom stereocenters. The summed E-state index contributed by atoms with van der Waals surface area (Å²) in [6, 6.07) is 11.5. The van der Waals surface area contributed by atoms with Crippen molar-refractivity contribution in [1.82, 2.24) is 0 Å². The summed E-state index contributed by atoms with van der Waals surface area (Å²) >= 11 is 2.97. The second kappa shape index (κ2) is 8.73. The van der Waals surface area contributed by atoms with Crippen molar-refractivity contribution in [3.63, 3.8) is 0 Å². The first-order valence-corrected chi connectivity index (χ1v) is 14.0. The molecule has 0 amide bonds. The van der Waals surface area contributed by atoms with Gasteiger partial charge in [0, 0.05) is 0 Å². The summed E-state index contributed by atoms with van der Waals surface area (Å²) in [7, 11) is 0. The van der Waals surface area contributed by atoms with Crippen molar-refractivity contribution in [2.24, 2.45) is 0 Å². The third kappa shape index (κ3) is 4.70. The van der Waals surface area contributed by atoms with E-state index in [1.54, 1.807) is 5.30 Å². The van der Waals surface area contributed by atoms with E-state index in [0.29, 0.717) is 0 Å². The fourth-order valence-electron chi connectivity index (χ4n) is 3.08. The molecule has 1 rings (SSSR count). The molecule has 1 aromatic rings. The van der Waals surface area contributed by atoms with Gasteiger partial charge in [0.25, 0.3) is 0 Å². The average molecular weight is 406 g/mol. The summed E-state index contributed by atoms with van der Waals surface area (Å²) in [4.78, 5) is 0. The van der Waals surface area contributed by atoms with Crippen LogP contribution >= 0.6 is 26.3 Å². The molecular weight excluding hydrogens is 374 g/mol. The normalized spacial score (nSPS) is 13.9. The van der Waals surface area contributed by atoms with E-state index in [1.807, 2.05) is 0 Å². The second-order valence-corrected chi connectivity index (χ2v) is 18.8. The van der Waals surface area contributed by atoms with Gasteiger partial charge in [-0.1, -0.05) is 0 Å². The van der Waals surface area contributed by atoms with Gasteiger partial charge < -0.3 is 0 Å². The van der Waals surface area contributed by atoms with Crippen LogP contribution in [0.2, 0.25) is 0 Å². The van der Waals surface area contributed by atoms with Gasteiger partial charge in [0.15, 0.2) is 0 Å². The Balaban J connectivity index is 3.16. The Labute approximate surface area is 139 Å². The van der Waals surface area contributed by atoms with Gasteiger partial charge in [-0.2, -0.15) is 0 Å². The summed E-state index contributed by atoms with van der Waals surface area (Å²) in [6.07, 6.45) is 12.5. The third-order valence-corrected chi connectivity index (χ3v) is 16.1.